The highest BCUT2D eigenvalue weighted by Crippen LogP contribution is 2.32. The van der Waals surface area contributed by atoms with E-state index in [9.17, 15) is 4.79 Å². The van der Waals surface area contributed by atoms with Gasteiger partial charge >= 0.3 is 5.97 Å². The second-order valence-corrected chi connectivity index (χ2v) is 4.36. The van der Waals surface area contributed by atoms with Crippen molar-refractivity contribution in [1.29, 1.82) is 0 Å². The maximum absolute atomic E-state index is 11.9. The van der Waals surface area contributed by atoms with Crippen molar-refractivity contribution in [2.75, 3.05) is 20.3 Å². The van der Waals surface area contributed by atoms with Crippen molar-refractivity contribution >= 4 is 5.97 Å². The molecule has 1 aliphatic rings. The van der Waals surface area contributed by atoms with Crippen LogP contribution in [0.4, 0.5) is 0 Å². The van der Waals surface area contributed by atoms with Crippen LogP contribution in [0.25, 0.3) is 0 Å². The highest BCUT2D eigenvalue weighted by molar-refractivity contribution is 5.74. The number of hydrogen-bond donors (Lipinski definition) is 1. The molecule has 0 aromatic heterocycles. The molecule has 0 radical (unpaired) electrons. The van der Waals surface area contributed by atoms with Gasteiger partial charge < -0.3 is 14.8 Å². The van der Waals surface area contributed by atoms with Crippen molar-refractivity contribution in [3.63, 3.8) is 0 Å². The zero-order valence-electron chi connectivity index (χ0n) is 10.8. The van der Waals surface area contributed by atoms with E-state index in [0.717, 1.165) is 24.3 Å². The Hall–Kier alpha value is -1.55. The molecule has 1 aliphatic heterocycles. The van der Waals surface area contributed by atoms with Gasteiger partial charge in [0.1, 0.15) is 5.75 Å². The second kappa shape index (κ2) is 5.87. The lowest BCUT2D eigenvalue weighted by molar-refractivity contribution is -0.148. The van der Waals surface area contributed by atoms with E-state index in [2.05, 4.69) is 5.32 Å². The highest BCUT2D eigenvalue weighted by atomic mass is 16.5. The summed E-state index contributed by atoms with van der Waals surface area (Å²) in [6, 6.07) is 7.85. The molecule has 4 nitrogen and oxygen atoms in total. The van der Waals surface area contributed by atoms with Gasteiger partial charge in [-0.2, -0.15) is 0 Å². The fraction of sp³-hybridized carbons (Fsp3) is 0.500. The van der Waals surface area contributed by atoms with Gasteiger partial charge in [0.05, 0.1) is 19.6 Å². The van der Waals surface area contributed by atoms with Gasteiger partial charge in [-0.3, -0.25) is 4.79 Å². The number of benzene rings is 1. The van der Waals surface area contributed by atoms with Crippen molar-refractivity contribution in [1.82, 2.24) is 5.32 Å². The van der Waals surface area contributed by atoms with E-state index in [0.29, 0.717) is 6.61 Å². The number of nitrogens with one attached hydrogen (secondary N) is 1. The largest absolute Gasteiger partial charge is 0.497 e. The molecule has 0 aliphatic carbocycles. The Morgan fingerprint density at radius 2 is 2.33 bits per heavy atom. The van der Waals surface area contributed by atoms with Gasteiger partial charge in [-0.25, -0.2) is 0 Å². The zero-order valence-corrected chi connectivity index (χ0v) is 10.8. The van der Waals surface area contributed by atoms with Crippen LogP contribution in [0.1, 0.15) is 24.9 Å². The van der Waals surface area contributed by atoms with E-state index < -0.39 is 0 Å². The van der Waals surface area contributed by atoms with Gasteiger partial charge in [0.15, 0.2) is 0 Å². The van der Waals surface area contributed by atoms with E-state index in [1.54, 1.807) is 7.11 Å². The molecule has 0 spiro atoms. The number of ether oxygens (including phenoxy) is 2. The van der Waals surface area contributed by atoms with Crippen LogP contribution in [-0.2, 0) is 9.53 Å². The minimum Gasteiger partial charge on any atom is -0.497 e. The SMILES string of the molecule is CCOC(=O)[C@H]1CCN[C@H]1c1cccc(OC)c1. The topological polar surface area (TPSA) is 47.6 Å². The first-order valence-electron chi connectivity index (χ1n) is 6.30. The monoisotopic (exact) mass is 249 g/mol. The average Bonchev–Trinajstić information content (AvgIpc) is 2.88. The molecule has 0 unspecified atom stereocenters. The van der Waals surface area contributed by atoms with Crippen molar-refractivity contribution in [3.8, 4) is 5.75 Å². The summed E-state index contributed by atoms with van der Waals surface area (Å²) in [5.74, 6) is 0.594. The minimum absolute atomic E-state index is 0.0270. The van der Waals surface area contributed by atoms with E-state index in [1.807, 2.05) is 31.2 Å². The average molecular weight is 249 g/mol. The third kappa shape index (κ3) is 2.64. The lowest BCUT2D eigenvalue weighted by atomic mass is 9.94. The van der Waals surface area contributed by atoms with E-state index in [-0.39, 0.29) is 17.9 Å². The molecule has 4 heteroatoms. The van der Waals surface area contributed by atoms with Gasteiger partial charge in [-0.15, -0.1) is 0 Å². The molecule has 98 valence electrons. The molecule has 1 heterocycles. The Bertz CT molecular complexity index is 419. The van der Waals surface area contributed by atoms with Crippen molar-refractivity contribution < 1.29 is 14.3 Å². The molecule has 0 amide bonds. The van der Waals surface area contributed by atoms with Gasteiger partial charge in [0.25, 0.3) is 0 Å². The fourth-order valence-corrected chi connectivity index (χ4v) is 2.39. The maximum atomic E-state index is 11.9. The maximum Gasteiger partial charge on any atom is 0.310 e. The first-order chi connectivity index (χ1) is 8.76. The molecule has 0 saturated carbocycles. The van der Waals surface area contributed by atoms with Gasteiger partial charge in [0.2, 0.25) is 0 Å². The summed E-state index contributed by atoms with van der Waals surface area (Å²) in [6.07, 6.45) is 0.820. The number of rotatable bonds is 4. The summed E-state index contributed by atoms with van der Waals surface area (Å²) in [7, 11) is 1.64. The number of carbonyl (C=O) groups excluding carboxylic acids is 1. The molecule has 2 rings (SSSR count). The van der Waals surface area contributed by atoms with Crippen molar-refractivity contribution in [2.24, 2.45) is 5.92 Å². The zero-order chi connectivity index (χ0) is 13.0. The summed E-state index contributed by atoms with van der Waals surface area (Å²) in [4.78, 5) is 11.9. The number of methoxy groups -OCH3 is 1. The van der Waals surface area contributed by atoms with Crippen LogP contribution in [0.2, 0.25) is 0 Å². The Morgan fingerprint density at radius 1 is 1.50 bits per heavy atom. The van der Waals surface area contributed by atoms with E-state index in [1.165, 1.54) is 0 Å². The van der Waals surface area contributed by atoms with E-state index in [4.69, 9.17) is 9.47 Å². The quantitative estimate of drug-likeness (QED) is 0.828. The molecule has 18 heavy (non-hydrogen) atoms. The molecule has 2 atom stereocenters. The molecule has 1 fully saturated rings. The molecular formula is C14H19NO3. The Labute approximate surface area is 107 Å². The van der Waals surface area contributed by atoms with Crippen LogP contribution in [-0.4, -0.2) is 26.2 Å². The van der Waals surface area contributed by atoms with Gasteiger partial charge in [0, 0.05) is 6.04 Å². The van der Waals surface area contributed by atoms with E-state index >= 15 is 0 Å². The summed E-state index contributed by atoms with van der Waals surface area (Å²) in [5.41, 5.74) is 1.07. The van der Waals surface area contributed by atoms with Crippen molar-refractivity contribution in [2.45, 2.75) is 19.4 Å². The Kier molecular flexibility index (Phi) is 4.20. The predicted molar refractivity (Wildman–Crippen MR) is 68.5 cm³/mol. The van der Waals surface area contributed by atoms with Crippen LogP contribution in [0.15, 0.2) is 24.3 Å². The predicted octanol–water partition coefficient (Wildman–Crippen LogP) is 1.91. The second-order valence-electron chi connectivity index (χ2n) is 4.36. The molecule has 1 aromatic carbocycles. The Morgan fingerprint density at radius 3 is 3.06 bits per heavy atom. The normalized spacial score (nSPS) is 22.8. The molecule has 1 saturated heterocycles. The fourth-order valence-electron chi connectivity index (χ4n) is 2.39. The lowest BCUT2D eigenvalue weighted by Gasteiger charge is -2.19. The summed E-state index contributed by atoms with van der Waals surface area (Å²) in [6.45, 7) is 3.10. The minimum atomic E-state index is -0.115. The number of esters is 1. The summed E-state index contributed by atoms with van der Waals surface area (Å²) >= 11 is 0. The van der Waals surface area contributed by atoms with Crippen LogP contribution in [0.5, 0.6) is 5.75 Å². The smallest absolute Gasteiger partial charge is 0.310 e. The van der Waals surface area contributed by atoms with Crippen LogP contribution in [0.3, 0.4) is 0 Å². The third-order valence-corrected chi connectivity index (χ3v) is 3.26. The van der Waals surface area contributed by atoms with Crippen LogP contribution in [0, 0.1) is 5.92 Å². The van der Waals surface area contributed by atoms with Crippen LogP contribution >= 0.6 is 0 Å². The van der Waals surface area contributed by atoms with Gasteiger partial charge in [-0.05, 0) is 37.6 Å². The lowest BCUT2D eigenvalue weighted by Crippen LogP contribution is -2.25. The van der Waals surface area contributed by atoms with Gasteiger partial charge in [-0.1, -0.05) is 12.1 Å². The van der Waals surface area contributed by atoms with Crippen molar-refractivity contribution in [3.05, 3.63) is 29.8 Å². The number of hydrogen-bond acceptors (Lipinski definition) is 4. The first kappa shape index (κ1) is 12.9. The summed E-state index contributed by atoms with van der Waals surface area (Å²) in [5, 5.41) is 3.36. The van der Waals surface area contributed by atoms with Crippen LogP contribution < -0.4 is 10.1 Å². The third-order valence-electron chi connectivity index (χ3n) is 3.26. The molecule has 1 aromatic rings. The highest BCUT2D eigenvalue weighted by Gasteiger charge is 2.34. The first-order valence-corrected chi connectivity index (χ1v) is 6.30. The Balaban J connectivity index is 2.17. The summed E-state index contributed by atoms with van der Waals surface area (Å²) < 4.78 is 10.3. The molecule has 0 bridgehead atoms. The number of carbonyl (C=O) groups is 1. The molecular weight excluding hydrogens is 230 g/mol. The standard InChI is InChI=1S/C14H19NO3/c1-3-18-14(16)12-7-8-15-13(12)10-5-4-6-11(9-10)17-2/h4-6,9,12-13,15H,3,7-8H2,1-2H3/t12-,13-/m0/s1. The molecule has 1 N–H and O–H groups in total.